The van der Waals surface area contributed by atoms with Crippen LogP contribution in [-0.2, 0) is 0 Å². The van der Waals surface area contributed by atoms with Gasteiger partial charge in [0.25, 0.3) is 0 Å². The number of aromatic nitrogens is 3. The van der Waals surface area contributed by atoms with Crippen LogP contribution in [0.5, 0.6) is 0 Å². The number of hydrogen-bond acceptors (Lipinski definition) is 4. The Morgan fingerprint density at radius 2 is 1.48 bits per heavy atom. The summed E-state index contributed by atoms with van der Waals surface area (Å²) in [5.41, 5.74) is 4.11. The van der Waals surface area contributed by atoms with Crippen molar-refractivity contribution in [3.63, 3.8) is 0 Å². The maximum Gasteiger partial charge on any atom is 0.226 e. The van der Waals surface area contributed by atoms with Crippen LogP contribution < -0.4 is 0 Å². The summed E-state index contributed by atoms with van der Waals surface area (Å²) in [7, 11) is 0. The molecule has 9 atom stereocenters. The summed E-state index contributed by atoms with van der Waals surface area (Å²) in [4.78, 5) is 18.9. The van der Waals surface area contributed by atoms with E-state index < -0.39 is 0 Å². The molecule has 0 radical (unpaired) electrons. The predicted octanol–water partition coefficient (Wildman–Crippen LogP) is 11.9. The van der Waals surface area contributed by atoms with Crippen LogP contribution in [0.2, 0.25) is 5.28 Å². The minimum absolute atomic E-state index is 0.0408. The SMILES string of the molecule is C=N[C@]12CC[C@]3(C)[C@@H]([C@H](C)CCCC(C)C)CC[C@H]3[C@@H]1CC[C@H]1CC(c3ccc(-c4nc(Cl)nc(-c5ccccc5)n4)cc3)CC[C@@]12C. The van der Waals surface area contributed by atoms with Gasteiger partial charge in [-0.2, -0.15) is 9.97 Å². The molecule has 4 fully saturated rings. The highest BCUT2D eigenvalue weighted by molar-refractivity contribution is 6.28. The summed E-state index contributed by atoms with van der Waals surface area (Å²) in [6.45, 7) is 17.1. The first kappa shape index (κ1) is 33.9. The molecule has 256 valence electrons. The molecule has 4 aliphatic carbocycles. The van der Waals surface area contributed by atoms with Crippen LogP contribution in [0.3, 0.4) is 0 Å². The van der Waals surface area contributed by atoms with Crippen LogP contribution in [0.4, 0.5) is 0 Å². The molecule has 1 aromatic heterocycles. The monoisotopic (exact) mass is 664 g/mol. The number of halogens is 1. The Morgan fingerprint density at radius 3 is 2.17 bits per heavy atom. The molecule has 7 rings (SSSR count). The zero-order chi connectivity index (χ0) is 33.7. The first-order valence-corrected chi connectivity index (χ1v) is 19.5. The van der Waals surface area contributed by atoms with Crippen LogP contribution >= 0.6 is 11.6 Å². The summed E-state index contributed by atoms with van der Waals surface area (Å²) in [6.07, 6.45) is 16.0. The number of benzene rings is 2. The van der Waals surface area contributed by atoms with Crippen LogP contribution in [0.15, 0.2) is 59.6 Å². The van der Waals surface area contributed by atoms with Gasteiger partial charge in [-0.1, -0.05) is 108 Å². The minimum atomic E-state index is 0.0408. The number of aliphatic imine (C=N–C) groups is 1. The molecule has 4 aliphatic rings. The van der Waals surface area contributed by atoms with Gasteiger partial charge in [0.2, 0.25) is 5.28 Å². The lowest BCUT2D eigenvalue weighted by atomic mass is 9.40. The smallest absolute Gasteiger partial charge is 0.226 e. The number of fused-ring (bicyclic) bond motifs is 5. The minimum Gasteiger partial charge on any atom is -0.293 e. The van der Waals surface area contributed by atoms with Gasteiger partial charge in [-0.15, -0.1) is 0 Å². The summed E-state index contributed by atoms with van der Waals surface area (Å²) < 4.78 is 0. The van der Waals surface area contributed by atoms with E-state index in [1.54, 1.807) is 0 Å². The molecule has 0 saturated heterocycles. The van der Waals surface area contributed by atoms with Crippen LogP contribution in [0.1, 0.15) is 123 Å². The zero-order valence-corrected chi connectivity index (χ0v) is 30.9. The highest BCUT2D eigenvalue weighted by atomic mass is 35.5. The molecule has 0 bridgehead atoms. The molecule has 1 unspecified atom stereocenters. The fourth-order valence-corrected chi connectivity index (χ4v) is 12.2. The van der Waals surface area contributed by atoms with Crippen molar-refractivity contribution in [2.45, 2.75) is 123 Å². The number of rotatable bonds is 9. The standard InChI is InChI=1S/C43H57ClN4/c1-28(2)11-10-12-29(3)35-21-22-36-37-20-19-34-27-33(23-24-42(34,5)43(37,45-6)26-25-41(35,36)4)30-15-17-32(18-16-30)39-46-38(47-40(44)48-39)31-13-8-7-9-14-31/h7-9,13-18,28-29,33-37H,6,10-12,19-27H2,1-5H3/t29-,33?,34+,35-,36+,37+,41-,42+,43-/m1/s1. The van der Waals surface area contributed by atoms with Crippen molar-refractivity contribution in [2.24, 2.45) is 51.3 Å². The molecule has 3 aromatic rings. The Balaban J connectivity index is 1.06. The Kier molecular flexibility index (Phi) is 9.37. The van der Waals surface area contributed by atoms with E-state index in [1.807, 2.05) is 30.3 Å². The van der Waals surface area contributed by atoms with Crippen LogP contribution in [-0.4, -0.2) is 27.2 Å². The Labute approximate surface area is 295 Å². The molecule has 0 N–H and O–H groups in total. The fourth-order valence-electron chi connectivity index (χ4n) is 12.0. The highest BCUT2D eigenvalue weighted by Crippen LogP contribution is 2.71. The average Bonchev–Trinajstić information content (AvgIpc) is 3.45. The lowest BCUT2D eigenvalue weighted by molar-refractivity contribution is -0.132. The van der Waals surface area contributed by atoms with E-state index in [0.29, 0.717) is 34.8 Å². The van der Waals surface area contributed by atoms with E-state index in [0.717, 1.165) is 34.8 Å². The third-order valence-corrected chi connectivity index (χ3v) is 14.8. The Bertz CT molecular complexity index is 1590. The van der Waals surface area contributed by atoms with E-state index in [2.05, 4.69) is 75.6 Å². The Morgan fingerprint density at radius 1 is 0.792 bits per heavy atom. The van der Waals surface area contributed by atoms with Gasteiger partial charge in [0, 0.05) is 11.1 Å². The van der Waals surface area contributed by atoms with E-state index >= 15 is 0 Å². The van der Waals surface area contributed by atoms with Gasteiger partial charge in [0.1, 0.15) is 0 Å². The lowest BCUT2D eigenvalue weighted by Gasteiger charge is -2.66. The van der Waals surface area contributed by atoms with Crippen molar-refractivity contribution in [3.05, 3.63) is 65.4 Å². The van der Waals surface area contributed by atoms with Crippen molar-refractivity contribution >= 4 is 18.3 Å². The number of hydrogen-bond donors (Lipinski definition) is 0. The van der Waals surface area contributed by atoms with Gasteiger partial charge in [0.15, 0.2) is 11.6 Å². The van der Waals surface area contributed by atoms with Gasteiger partial charge >= 0.3 is 0 Å². The summed E-state index contributed by atoms with van der Waals surface area (Å²) >= 11 is 6.36. The van der Waals surface area contributed by atoms with E-state index in [4.69, 9.17) is 21.6 Å². The molecule has 0 spiro atoms. The molecule has 0 amide bonds. The second kappa shape index (κ2) is 13.3. The third-order valence-electron chi connectivity index (χ3n) is 14.6. The van der Waals surface area contributed by atoms with Crippen molar-refractivity contribution in [1.82, 2.24) is 15.0 Å². The molecule has 5 heteroatoms. The number of nitrogens with zero attached hydrogens (tertiary/aromatic N) is 4. The quantitative estimate of drug-likeness (QED) is 0.214. The van der Waals surface area contributed by atoms with Crippen LogP contribution in [0, 0.1) is 46.3 Å². The highest BCUT2D eigenvalue weighted by Gasteiger charge is 2.67. The van der Waals surface area contributed by atoms with Crippen molar-refractivity contribution in [2.75, 3.05) is 0 Å². The average molecular weight is 665 g/mol. The second-order valence-corrected chi connectivity index (χ2v) is 17.5. The summed E-state index contributed by atoms with van der Waals surface area (Å²) in [5, 5.41) is 0.224. The van der Waals surface area contributed by atoms with Crippen molar-refractivity contribution in [1.29, 1.82) is 0 Å². The molecule has 48 heavy (non-hydrogen) atoms. The zero-order valence-electron chi connectivity index (χ0n) is 30.1. The lowest BCUT2D eigenvalue weighted by Crippen LogP contribution is -2.64. The molecule has 0 aliphatic heterocycles. The molecule has 4 nitrogen and oxygen atoms in total. The summed E-state index contributed by atoms with van der Waals surface area (Å²) in [6, 6.07) is 18.9. The first-order chi connectivity index (χ1) is 23.1. The van der Waals surface area contributed by atoms with Crippen molar-refractivity contribution in [3.8, 4) is 22.8 Å². The van der Waals surface area contributed by atoms with Gasteiger partial charge in [-0.3, -0.25) is 4.99 Å². The summed E-state index contributed by atoms with van der Waals surface area (Å²) in [5.74, 6) is 6.55. The molecular formula is C43H57ClN4. The Hall–Kier alpha value is -2.59. The second-order valence-electron chi connectivity index (χ2n) is 17.2. The largest absolute Gasteiger partial charge is 0.293 e. The maximum absolute atomic E-state index is 6.36. The van der Waals surface area contributed by atoms with Gasteiger partial charge in [-0.25, -0.2) is 4.98 Å². The van der Waals surface area contributed by atoms with E-state index in [-0.39, 0.29) is 16.2 Å². The van der Waals surface area contributed by atoms with Crippen molar-refractivity contribution < 1.29 is 0 Å². The maximum atomic E-state index is 6.36. The first-order valence-electron chi connectivity index (χ1n) is 19.1. The van der Waals surface area contributed by atoms with Crippen LogP contribution in [0.25, 0.3) is 22.8 Å². The van der Waals surface area contributed by atoms with Gasteiger partial charge < -0.3 is 0 Å². The molecule has 2 aromatic carbocycles. The fraction of sp³-hybridized carbons (Fsp3) is 0.628. The van der Waals surface area contributed by atoms with E-state index in [1.165, 1.54) is 82.6 Å². The van der Waals surface area contributed by atoms with Gasteiger partial charge in [-0.05, 0) is 134 Å². The van der Waals surface area contributed by atoms with E-state index in [9.17, 15) is 0 Å². The third kappa shape index (κ3) is 5.76. The molecule has 1 heterocycles. The topological polar surface area (TPSA) is 51.0 Å². The molecule has 4 saturated carbocycles. The predicted molar refractivity (Wildman–Crippen MR) is 200 cm³/mol. The molecular weight excluding hydrogens is 608 g/mol. The van der Waals surface area contributed by atoms with Gasteiger partial charge in [0.05, 0.1) is 5.54 Å². The normalized spacial score (nSPS) is 35.0.